The highest BCUT2D eigenvalue weighted by atomic mass is 79.9. The normalized spacial score (nSPS) is 19.4. The van der Waals surface area contributed by atoms with E-state index in [-0.39, 0.29) is 17.3 Å². The Morgan fingerprint density at radius 3 is 2.48 bits per heavy atom. The maximum atomic E-state index is 12.9. The Kier molecular flexibility index (Phi) is 4.55. The van der Waals surface area contributed by atoms with Crippen LogP contribution < -0.4 is 5.32 Å². The Bertz CT molecular complexity index is 702. The highest BCUT2D eigenvalue weighted by Gasteiger charge is 2.45. The predicted octanol–water partition coefficient (Wildman–Crippen LogP) is 2.42. The van der Waals surface area contributed by atoms with Gasteiger partial charge in [0.15, 0.2) is 0 Å². The number of rotatable bonds is 2. The molecule has 0 aliphatic carbocycles. The lowest BCUT2D eigenvalue weighted by molar-refractivity contribution is -0.131. The molecule has 116 valence electrons. The number of nitrogens with one attached hydrogen (secondary N) is 1. The first kappa shape index (κ1) is 16.9. The minimum Gasteiger partial charge on any atom is -0.353 e. The second-order valence-electron chi connectivity index (χ2n) is 5.42. The van der Waals surface area contributed by atoms with Crippen molar-refractivity contribution in [2.75, 3.05) is 13.1 Å². The summed E-state index contributed by atoms with van der Waals surface area (Å²) in [4.78, 5) is 12.1. The Morgan fingerprint density at radius 1 is 1.24 bits per heavy atom. The first-order valence-corrected chi connectivity index (χ1v) is 9.38. The van der Waals surface area contributed by atoms with E-state index >= 15 is 0 Å². The van der Waals surface area contributed by atoms with Crippen LogP contribution in [-0.4, -0.2) is 37.3 Å². The lowest BCUT2D eigenvalue weighted by Crippen LogP contribution is -2.63. The minimum atomic E-state index is -3.78. The summed E-state index contributed by atoms with van der Waals surface area (Å²) in [6.45, 7) is 5.65. The molecule has 0 unspecified atom stereocenters. The van der Waals surface area contributed by atoms with Gasteiger partial charge in [-0.25, -0.2) is 8.42 Å². The molecule has 0 radical (unpaired) electrons. The summed E-state index contributed by atoms with van der Waals surface area (Å²) in [5.41, 5.74) is -0.190. The summed E-state index contributed by atoms with van der Waals surface area (Å²) in [5.74, 6) is -0.292. The van der Waals surface area contributed by atoms with Crippen molar-refractivity contribution in [2.24, 2.45) is 0 Å². The Labute approximate surface area is 141 Å². The molecule has 1 aromatic carbocycles. The van der Waals surface area contributed by atoms with Gasteiger partial charge in [-0.05, 0) is 54.4 Å². The van der Waals surface area contributed by atoms with Crippen molar-refractivity contribution < 1.29 is 13.2 Å². The molecule has 0 bridgehead atoms. The van der Waals surface area contributed by atoms with Crippen LogP contribution in [0, 0.1) is 6.92 Å². The number of nitrogens with zero attached hydrogens (tertiary/aromatic N) is 1. The molecular weight excluding hydrogens is 424 g/mol. The van der Waals surface area contributed by atoms with Crippen LogP contribution in [-0.2, 0) is 14.8 Å². The molecule has 1 fully saturated rings. The van der Waals surface area contributed by atoms with Gasteiger partial charge in [-0.3, -0.25) is 4.79 Å². The molecule has 1 amide bonds. The molecule has 0 spiro atoms. The molecule has 2 rings (SSSR count). The average molecular weight is 440 g/mol. The average Bonchev–Trinajstić information content (AvgIpc) is 2.36. The van der Waals surface area contributed by atoms with Crippen LogP contribution in [0.15, 0.2) is 26.0 Å². The predicted molar refractivity (Wildman–Crippen MR) is 87.6 cm³/mol. The number of hydrogen-bond donors (Lipinski definition) is 1. The van der Waals surface area contributed by atoms with E-state index in [1.807, 2.05) is 6.92 Å². The third-order valence-corrected chi connectivity index (χ3v) is 7.45. The number of amides is 1. The largest absolute Gasteiger partial charge is 0.353 e. The molecule has 8 heteroatoms. The second kappa shape index (κ2) is 5.64. The van der Waals surface area contributed by atoms with Gasteiger partial charge in [0.05, 0.1) is 4.90 Å². The van der Waals surface area contributed by atoms with Crippen molar-refractivity contribution in [3.8, 4) is 0 Å². The van der Waals surface area contributed by atoms with Crippen LogP contribution in [0.25, 0.3) is 0 Å². The zero-order valence-electron chi connectivity index (χ0n) is 11.9. The molecule has 1 aliphatic heterocycles. The number of piperazine rings is 1. The van der Waals surface area contributed by atoms with E-state index in [0.717, 1.165) is 5.56 Å². The van der Waals surface area contributed by atoms with Gasteiger partial charge in [0, 0.05) is 22.0 Å². The number of carbonyl (C=O) groups is 1. The minimum absolute atomic E-state index is 0.155. The third-order valence-electron chi connectivity index (χ3n) is 3.56. The highest BCUT2D eigenvalue weighted by Crippen LogP contribution is 2.34. The molecule has 1 N–H and O–H groups in total. The fourth-order valence-electron chi connectivity index (χ4n) is 2.25. The van der Waals surface area contributed by atoms with E-state index in [1.54, 1.807) is 26.0 Å². The molecule has 1 saturated heterocycles. The smallest absolute Gasteiger partial charge is 0.245 e. The van der Waals surface area contributed by atoms with Gasteiger partial charge >= 0.3 is 0 Å². The summed E-state index contributed by atoms with van der Waals surface area (Å²) < 4.78 is 28.3. The number of benzene rings is 1. The second-order valence-corrected chi connectivity index (χ2v) is 8.96. The highest BCUT2D eigenvalue weighted by molar-refractivity contribution is 9.11. The quantitative estimate of drug-likeness (QED) is 0.769. The van der Waals surface area contributed by atoms with Crippen molar-refractivity contribution >= 4 is 47.8 Å². The van der Waals surface area contributed by atoms with E-state index in [2.05, 4.69) is 37.2 Å². The van der Waals surface area contributed by atoms with Crippen LogP contribution in [0.1, 0.15) is 19.4 Å². The number of sulfonamides is 1. The van der Waals surface area contributed by atoms with E-state index in [0.29, 0.717) is 15.5 Å². The number of carbonyl (C=O) groups excluding carboxylic acids is 1. The maximum absolute atomic E-state index is 12.9. The number of hydrogen-bond acceptors (Lipinski definition) is 3. The van der Waals surface area contributed by atoms with Gasteiger partial charge in [-0.2, -0.15) is 4.31 Å². The topological polar surface area (TPSA) is 66.5 Å². The van der Waals surface area contributed by atoms with Crippen molar-refractivity contribution in [1.82, 2.24) is 9.62 Å². The number of halogens is 2. The zero-order chi connectivity index (χ0) is 16.0. The van der Waals surface area contributed by atoms with Gasteiger partial charge in [-0.15, -0.1) is 0 Å². The monoisotopic (exact) mass is 438 g/mol. The molecule has 5 nitrogen and oxygen atoms in total. The van der Waals surface area contributed by atoms with Gasteiger partial charge < -0.3 is 5.32 Å². The van der Waals surface area contributed by atoms with E-state index in [4.69, 9.17) is 0 Å². The fraction of sp³-hybridized carbons (Fsp3) is 0.462. The van der Waals surface area contributed by atoms with Gasteiger partial charge in [0.1, 0.15) is 5.54 Å². The molecule has 1 aliphatic rings. The maximum Gasteiger partial charge on any atom is 0.245 e. The molecule has 0 saturated carbocycles. The van der Waals surface area contributed by atoms with Crippen LogP contribution in [0.3, 0.4) is 0 Å². The van der Waals surface area contributed by atoms with Crippen LogP contribution in [0.5, 0.6) is 0 Å². The molecular formula is C13H16Br2N2O3S. The third kappa shape index (κ3) is 2.91. The summed E-state index contributed by atoms with van der Waals surface area (Å²) >= 11 is 6.66. The van der Waals surface area contributed by atoms with E-state index in [9.17, 15) is 13.2 Å². The first-order chi connectivity index (χ1) is 9.58. The summed E-state index contributed by atoms with van der Waals surface area (Å²) in [7, 11) is -3.78. The van der Waals surface area contributed by atoms with E-state index < -0.39 is 15.6 Å². The van der Waals surface area contributed by atoms with Crippen molar-refractivity contribution in [3.63, 3.8) is 0 Å². The van der Waals surface area contributed by atoms with Gasteiger partial charge in [0.2, 0.25) is 15.9 Å². The standard InChI is InChI=1S/C13H16Br2N2O3S/c1-8-6-10(15)11(7-9(8)14)21(19,20)17-5-4-16-12(18)13(17,2)3/h6-7H,4-5H2,1-3H3,(H,16,18). The summed E-state index contributed by atoms with van der Waals surface area (Å²) in [6, 6.07) is 3.31. The number of aryl methyl sites for hydroxylation is 1. The SMILES string of the molecule is Cc1cc(Br)c(S(=O)(=O)N2CCNC(=O)C2(C)C)cc1Br. The van der Waals surface area contributed by atoms with Crippen LogP contribution >= 0.6 is 31.9 Å². The Balaban J connectivity index is 2.57. The molecule has 0 atom stereocenters. The fourth-order valence-corrected chi connectivity index (χ4v) is 5.64. The van der Waals surface area contributed by atoms with Crippen LogP contribution in [0.2, 0.25) is 0 Å². The Hall–Kier alpha value is -0.440. The summed E-state index contributed by atoms with van der Waals surface area (Å²) in [6.07, 6.45) is 0. The molecule has 1 heterocycles. The lowest BCUT2D eigenvalue weighted by atomic mass is 10.0. The van der Waals surface area contributed by atoms with Gasteiger partial charge in [-0.1, -0.05) is 15.9 Å². The van der Waals surface area contributed by atoms with Gasteiger partial charge in [0.25, 0.3) is 0 Å². The van der Waals surface area contributed by atoms with Crippen molar-refractivity contribution in [1.29, 1.82) is 0 Å². The Morgan fingerprint density at radius 2 is 1.86 bits per heavy atom. The van der Waals surface area contributed by atoms with Crippen molar-refractivity contribution in [2.45, 2.75) is 31.2 Å². The first-order valence-electron chi connectivity index (χ1n) is 6.35. The van der Waals surface area contributed by atoms with E-state index in [1.165, 1.54) is 4.31 Å². The zero-order valence-corrected chi connectivity index (χ0v) is 15.9. The summed E-state index contributed by atoms with van der Waals surface area (Å²) in [5, 5.41) is 2.69. The molecule has 0 aromatic heterocycles. The lowest BCUT2D eigenvalue weighted by Gasteiger charge is -2.40. The molecule has 21 heavy (non-hydrogen) atoms. The van der Waals surface area contributed by atoms with Crippen LogP contribution in [0.4, 0.5) is 0 Å². The van der Waals surface area contributed by atoms with Crippen molar-refractivity contribution in [3.05, 3.63) is 26.6 Å². The molecule has 1 aromatic rings.